The molecule has 0 radical (unpaired) electrons. The topological polar surface area (TPSA) is 111 Å². The highest BCUT2D eigenvalue weighted by Crippen LogP contribution is 2.34. The minimum absolute atomic E-state index is 0.279. The highest BCUT2D eigenvalue weighted by atomic mass is 19.4. The zero-order valence-electron chi connectivity index (χ0n) is 14.3. The van der Waals surface area contributed by atoms with Crippen LogP contribution in [-0.2, 0) is 20.5 Å². The van der Waals surface area contributed by atoms with E-state index in [1.807, 2.05) is 0 Å². The second kappa shape index (κ2) is 8.02. The summed E-state index contributed by atoms with van der Waals surface area (Å²) in [7, 11) is 0. The molecule has 1 aromatic carbocycles. The van der Waals surface area contributed by atoms with Crippen molar-refractivity contribution in [3.63, 3.8) is 0 Å². The van der Waals surface area contributed by atoms with Crippen molar-refractivity contribution in [3.8, 4) is 0 Å². The van der Waals surface area contributed by atoms with E-state index in [9.17, 15) is 32.9 Å². The van der Waals surface area contributed by atoms with Gasteiger partial charge in [-0.05, 0) is 32.9 Å². The molecule has 26 heavy (non-hydrogen) atoms. The van der Waals surface area contributed by atoms with E-state index in [1.165, 1.54) is 0 Å². The number of nitrogens with one attached hydrogen (secondary N) is 2. The van der Waals surface area contributed by atoms with Crippen LogP contribution < -0.4 is 10.6 Å². The number of hydrogen-bond donors (Lipinski definition) is 2. The average molecular weight is 377 g/mol. The standard InChI is InChI=1S/C15H18F3N3O5/c1-14(2,3)20-12(22)8-26-13(23)7-19-10-5-4-9(15(16,17)18)6-11(10)21(24)25/h4-6,19H,7-8H2,1-3H3,(H,20,22). The molecule has 1 aromatic rings. The Morgan fingerprint density at radius 1 is 1.23 bits per heavy atom. The monoisotopic (exact) mass is 377 g/mol. The van der Waals surface area contributed by atoms with Gasteiger partial charge in [0, 0.05) is 11.6 Å². The first-order valence-electron chi connectivity index (χ1n) is 7.36. The van der Waals surface area contributed by atoms with Crippen LogP contribution in [0.3, 0.4) is 0 Å². The second-order valence-electron chi connectivity index (χ2n) is 6.30. The maximum Gasteiger partial charge on any atom is 0.416 e. The van der Waals surface area contributed by atoms with Crippen LogP contribution in [0.2, 0.25) is 0 Å². The summed E-state index contributed by atoms with van der Waals surface area (Å²) in [5.74, 6) is -1.44. The number of hydrogen-bond acceptors (Lipinski definition) is 6. The number of alkyl halides is 3. The Hall–Kier alpha value is -2.85. The maximum absolute atomic E-state index is 12.6. The zero-order chi connectivity index (χ0) is 20.1. The first-order valence-corrected chi connectivity index (χ1v) is 7.36. The van der Waals surface area contributed by atoms with Gasteiger partial charge >= 0.3 is 12.1 Å². The van der Waals surface area contributed by atoms with Crippen molar-refractivity contribution in [3.05, 3.63) is 33.9 Å². The summed E-state index contributed by atoms with van der Waals surface area (Å²) in [6.45, 7) is 4.09. The fourth-order valence-electron chi connectivity index (χ4n) is 1.83. The van der Waals surface area contributed by atoms with Gasteiger partial charge in [-0.1, -0.05) is 0 Å². The fourth-order valence-corrected chi connectivity index (χ4v) is 1.83. The number of anilines is 1. The SMILES string of the molecule is CC(C)(C)NC(=O)COC(=O)CNc1ccc(C(F)(F)F)cc1[N+](=O)[O-]. The van der Waals surface area contributed by atoms with Crippen molar-refractivity contribution in [1.82, 2.24) is 5.32 Å². The summed E-state index contributed by atoms with van der Waals surface area (Å²) in [6.07, 6.45) is -4.73. The van der Waals surface area contributed by atoms with Crippen LogP contribution in [0.15, 0.2) is 18.2 Å². The van der Waals surface area contributed by atoms with E-state index in [1.54, 1.807) is 20.8 Å². The lowest BCUT2D eigenvalue weighted by Crippen LogP contribution is -2.43. The molecule has 11 heteroatoms. The Morgan fingerprint density at radius 3 is 2.35 bits per heavy atom. The summed E-state index contributed by atoms with van der Waals surface area (Å²) in [5.41, 5.74) is -2.81. The Balaban J connectivity index is 2.68. The molecule has 2 N–H and O–H groups in total. The van der Waals surface area contributed by atoms with Crippen molar-refractivity contribution < 1.29 is 32.4 Å². The number of rotatable bonds is 6. The van der Waals surface area contributed by atoms with Gasteiger partial charge in [0.25, 0.3) is 11.6 Å². The number of nitrogens with zero attached hydrogens (tertiary/aromatic N) is 1. The number of nitro groups is 1. The van der Waals surface area contributed by atoms with Crippen LogP contribution in [0, 0.1) is 10.1 Å². The van der Waals surface area contributed by atoms with Gasteiger partial charge in [-0.2, -0.15) is 13.2 Å². The van der Waals surface area contributed by atoms with E-state index in [2.05, 4.69) is 15.4 Å². The minimum Gasteiger partial charge on any atom is -0.454 e. The molecule has 0 saturated heterocycles. The first kappa shape index (κ1) is 21.2. The van der Waals surface area contributed by atoms with Gasteiger partial charge in [0.2, 0.25) is 0 Å². The lowest BCUT2D eigenvalue weighted by atomic mass is 10.1. The largest absolute Gasteiger partial charge is 0.454 e. The molecule has 0 spiro atoms. The molecule has 0 bridgehead atoms. The van der Waals surface area contributed by atoms with Crippen molar-refractivity contribution >= 4 is 23.3 Å². The molecular formula is C15H18F3N3O5. The summed E-state index contributed by atoms with van der Waals surface area (Å²) in [6, 6.07) is 1.86. The minimum atomic E-state index is -4.73. The van der Waals surface area contributed by atoms with Gasteiger partial charge in [-0.15, -0.1) is 0 Å². The predicted octanol–water partition coefficient (Wildman–Crippen LogP) is 2.48. The summed E-state index contributed by atoms with van der Waals surface area (Å²) in [5, 5.41) is 15.8. The van der Waals surface area contributed by atoms with Gasteiger partial charge < -0.3 is 15.4 Å². The van der Waals surface area contributed by atoms with Crippen LogP contribution in [0.25, 0.3) is 0 Å². The average Bonchev–Trinajstić information content (AvgIpc) is 2.48. The van der Waals surface area contributed by atoms with Gasteiger partial charge in [0.05, 0.1) is 10.5 Å². The maximum atomic E-state index is 12.6. The molecule has 144 valence electrons. The highest BCUT2D eigenvalue weighted by Gasteiger charge is 2.33. The number of halogens is 3. The number of carbonyl (C=O) groups is 2. The summed E-state index contributed by atoms with van der Waals surface area (Å²) < 4.78 is 42.5. The molecule has 0 aromatic heterocycles. The van der Waals surface area contributed by atoms with Crippen LogP contribution >= 0.6 is 0 Å². The van der Waals surface area contributed by atoms with Gasteiger partial charge in [0.15, 0.2) is 6.61 Å². The van der Waals surface area contributed by atoms with Crippen LogP contribution in [0.1, 0.15) is 26.3 Å². The number of nitro benzene ring substituents is 1. The molecule has 0 heterocycles. The summed E-state index contributed by atoms with van der Waals surface area (Å²) >= 11 is 0. The lowest BCUT2D eigenvalue weighted by molar-refractivity contribution is -0.384. The van der Waals surface area contributed by atoms with E-state index < -0.39 is 52.9 Å². The number of esters is 1. The van der Waals surface area contributed by atoms with Crippen molar-refractivity contribution in [2.45, 2.75) is 32.5 Å². The van der Waals surface area contributed by atoms with Gasteiger partial charge in [-0.3, -0.25) is 19.7 Å². The zero-order valence-corrected chi connectivity index (χ0v) is 14.3. The first-order chi connectivity index (χ1) is 11.8. The Labute approximate surface area is 146 Å². The molecule has 1 amide bonds. The third-order valence-corrected chi connectivity index (χ3v) is 2.82. The number of ether oxygens (including phenoxy) is 1. The molecule has 1 rings (SSSR count). The third-order valence-electron chi connectivity index (χ3n) is 2.82. The van der Waals surface area contributed by atoms with E-state index in [0.29, 0.717) is 12.1 Å². The van der Waals surface area contributed by atoms with Gasteiger partial charge in [0.1, 0.15) is 12.2 Å². The number of benzene rings is 1. The molecule has 0 fully saturated rings. The normalized spacial score (nSPS) is 11.6. The lowest BCUT2D eigenvalue weighted by Gasteiger charge is -2.20. The smallest absolute Gasteiger partial charge is 0.416 e. The number of amides is 1. The summed E-state index contributed by atoms with van der Waals surface area (Å²) in [4.78, 5) is 33.0. The third kappa shape index (κ3) is 6.95. The molecule has 8 nitrogen and oxygen atoms in total. The van der Waals surface area contributed by atoms with Crippen LogP contribution in [-0.4, -0.2) is 35.5 Å². The van der Waals surface area contributed by atoms with Gasteiger partial charge in [-0.25, -0.2) is 0 Å². The molecule has 0 saturated carbocycles. The molecule has 0 aliphatic rings. The molecular weight excluding hydrogens is 359 g/mol. The van der Waals surface area contributed by atoms with Crippen molar-refractivity contribution in [2.75, 3.05) is 18.5 Å². The van der Waals surface area contributed by atoms with Crippen molar-refractivity contribution in [2.24, 2.45) is 0 Å². The van der Waals surface area contributed by atoms with E-state index in [-0.39, 0.29) is 5.69 Å². The fraction of sp³-hybridized carbons (Fsp3) is 0.467. The van der Waals surface area contributed by atoms with E-state index >= 15 is 0 Å². The quantitative estimate of drug-likeness (QED) is 0.448. The van der Waals surface area contributed by atoms with Crippen LogP contribution in [0.4, 0.5) is 24.5 Å². The Morgan fingerprint density at radius 2 is 1.85 bits per heavy atom. The van der Waals surface area contributed by atoms with Crippen molar-refractivity contribution in [1.29, 1.82) is 0 Å². The van der Waals surface area contributed by atoms with Crippen LogP contribution in [0.5, 0.6) is 0 Å². The Bertz CT molecular complexity index is 699. The highest BCUT2D eigenvalue weighted by molar-refractivity contribution is 5.82. The number of carbonyl (C=O) groups excluding carboxylic acids is 2. The van der Waals surface area contributed by atoms with E-state index in [0.717, 1.165) is 6.07 Å². The molecule has 0 unspecified atom stereocenters. The molecule has 0 aliphatic heterocycles. The second-order valence-corrected chi connectivity index (χ2v) is 6.30. The predicted molar refractivity (Wildman–Crippen MR) is 85.4 cm³/mol. The molecule has 0 atom stereocenters. The Kier molecular flexibility index (Phi) is 6.54. The molecule has 0 aliphatic carbocycles. The van der Waals surface area contributed by atoms with E-state index in [4.69, 9.17) is 0 Å².